The van der Waals surface area contributed by atoms with Crippen molar-refractivity contribution in [2.45, 2.75) is 39.2 Å². The van der Waals surface area contributed by atoms with Gasteiger partial charge in [0.1, 0.15) is 5.82 Å². The van der Waals surface area contributed by atoms with Gasteiger partial charge in [0.05, 0.1) is 23.3 Å². The quantitative estimate of drug-likeness (QED) is 0.912. The van der Waals surface area contributed by atoms with Gasteiger partial charge in [-0.25, -0.2) is 4.98 Å². The summed E-state index contributed by atoms with van der Waals surface area (Å²) in [4.78, 5) is 11.6. The number of hydrogen-bond acceptors (Lipinski definition) is 4. The van der Waals surface area contributed by atoms with Crippen LogP contribution < -0.4 is 4.90 Å². The molecule has 0 aliphatic carbocycles. The number of hydrogen-bond donors (Lipinski definition) is 1. The van der Waals surface area contributed by atoms with Crippen molar-refractivity contribution in [2.75, 3.05) is 18.0 Å². The summed E-state index contributed by atoms with van der Waals surface area (Å²) < 4.78 is 0. The van der Waals surface area contributed by atoms with Crippen LogP contribution in [0.4, 0.5) is 5.82 Å². The number of fused-ring (bicyclic) bond motifs is 1. The van der Waals surface area contributed by atoms with E-state index in [4.69, 9.17) is 4.98 Å². The minimum absolute atomic E-state index is 0.525. The molecule has 4 nitrogen and oxygen atoms in total. The second-order valence-electron chi connectivity index (χ2n) is 5.67. The van der Waals surface area contributed by atoms with Crippen LogP contribution in [0.3, 0.4) is 0 Å². The fourth-order valence-electron chi connectivity index (χ4n) is 2.87. The van der Waals surface area contributed by atoms with Crippen LogP contribution in [0, 0.1) is 6.92 Å². The van der Waals surface area contributed by atoms with Gasteiger partial charge in [-0.2, -0.15) is 0 Å². The molecule has 1 atom stereocenters. The maximum atomic E-state index is 9.97. The van der Waals surface area contributed by atoms with E-state index in [1.165, 1.54) is 19.3 Å². The van der Waals surface area contributed by atoms with Crippen LogP contribution in [0.1, 0.15) is 43.4 Å². The van der Waals surface area contributed by atoms with Crippen molar-refractivity contribution in [3.05, 3.63) is 29.5 Å². The Morgan fingerprint density at radius 2 is 1.95 bits per heavy atom. The van der Waals surface area contributed by atoms with Gasteiger partial charge in [0.15, 0.2) is 0 Å². The van der Waals surface area contributed by atoms with Gasteiger partial charge in [-0.3, -0.25) is 4.98 Å². The number of rotatable bonds is 2. The summed E-state index contributed by atoms with van der Waals surface area (Å²) in [5.41, 5.74) is 3.66. The highest BCUT2D eigenvalue weighted by Crippen LogP contribution is 2.26. The molecule has 106 valence electrons. The Hall–Kier alpha value is -1.68. The number of nitrogens with zero attached hydrogens (tertiary/aromatic N) is 3. The number of anilines is 1. The third-order valence-electron chi connectivity index (χ3n) is 3.94. The highest BCUT2D eigenvalue weighted by Gasteiger charge is 2.15. The molecule has 1 aromatic heterocycles. The van der Waals surface area contributed by atoms with E-state index in [1.54, 1.807) is 6.92 Å². The maximum absolute atomic E-state index is 9.97. The number of benzene rings is 1. The molecular weight excluding hydrogens is 250 g/mol. The first-order valence-corrected chi connectivity index (χ1v) is 7.35. The molecule has 0 radical (unpaired) electrons. The van der Waals surface area contributed by atoms with E-state index < -0.39 is 6.10 Å². The van der Waals surface area contributed by atoms with Crippen molar-refractivity contribution in [1.82, 2.24) is 9.97 Å². The van der Waals surface area contributed by atoms with Gasteiger partial charge in [0.25, 0.3) is 0 Å². The molecule has 1 aliphatic heterocycles. The van der Waals surface area contributed by atoms with Crippen molar-refractivity contribution in [1.29, 1.82) is 0 Å². The van der Waals surface area contributed by atoms with Crippen LogP contribution in [0.15, 0.2) is 18.3 Å². The molecule has 0 saturated carbocycles. The standard InChI is InChI=1S/C16H21N3O/c1-11-8-13(12(2)20)16-14(9-11)17-10-15(18-16)19-6-4-3-5-7-19/h8-10,12,20H,3-7H2,1-2H3. The fraction of sp³-hybridized carbons (Fsp3) is 0.500. The average molecular weight is 271 g/mol. The fourth-order valence-corrected chi connectivity index (χ4v) is 2.87. The van der Waals surface area contributed by atoms with Gasteiger partial charge in [-0.1, -0.05) is 6.07 Å². The van der Waals surface area contributed by atoms with E-state index in [0.29, 0.717) is 0 Å². The molecule has 1 aliphatic rings. The number of piperidine rings is 1. The highest BCUT2D eigenvalue weighted by atomic mass is 16.3. The zero-order chi connectivity index (χ0) is 14.1. The molecule has 3 rings (SSSR count). The van der Waals surface area contributed by atoms with E-state index in [2.05, 4.69) is 9.88 Å². The minimum Gasteiger partial charge on any atom is -0.389 e. The second kappa shape index (κ2) is 5.37. The van der Waals surface area contributed by atoms with E-state index >= 15 is 0 Å². The normalized spacial score (nSPS) is 17.4. The lowest BCUT2D eigenvalue weighted by atomic mass is 10.0. The number of aromatic nitrogens is 2. The molecule has 0 amide bonds. The molecule has 1 saturated heterocycles. The molecule has 1 unspecified atom stereocenters. The highest BCUT2D eigenvalue weighted by molar-refractivity contribution is 5.80. The number of aryl methyl sites for hydroxylation is 1. The first kappa shape index (κ1) is 13.3. The smallest absolute Gasteiger partial charge is 0.147 e. The zero-order valence-electron chi connectivity index (χ0n) is 12.1. The lowest BCUT2D eigenvalue weighted by Gasteiger charge is -2.27. The van der Waals surface area contributed by atoms with E-state index in [-0.39, 0.29) is 0 Å². The number of aliphatic hydroxyl groups excluding tert-OH is 1. The van der Waals surface area contributed by atoms with Crippen LogP contribution in [0.2, 0.25) is 0 Å². The first-order valence-electron chi connectivity index (χ1n) is 7.35. The Labute approximate surface area is 119 Å². The minimum atomic E-state index is -0.525. The Bertz CT molecular complexity index is 618. The molecule has 0 spiro atoms. The summed E-state index contributed by atoms with van der Waals surface area (Å²) in [6, 6.07) is 4.02. The predicted molar refractivity (Wildman–Crippen MR) is 81.0 cm³/mol. The zero-order valence-corrected chi connectivity index (χ0v) is 12.1. The summed E-state index contributed by atoms with van der Waals surface area (Å²) in [5.74, 6) is 0.933. The predicted octanol–water partition coefficient (Wildman–Crippen LogP) is 2.98. The summed E-state index contributed by atoms with van der Waals surface area (Å²) >= 11 is 0. The summed E-state index contributed by atoms with van der Waals surface area (Å²) in [6.45, 7) is 5.90. The largest absolute Gasteiger partial charge is 0.389 e. The lowest BCUT2D eigenvalue weighted by Crippen LogP contribution is -2.30. The van der Waals surface area contributed by atoms with Crippen LogP contribution in [-0.2, 0) is 0 Å². The average Bonchev–Trinajstić information content (AvgIpc) is 2.46. The third kappa shape index (κ3) is 2.48. The molecule has 4 heteroatoms. The molecule has 1 fully saturated rings. The van der Waals surface area contributed by atoms with Gasteiger partial charge >= 0.3 is 0 Å². The second-order valence-corrected chi connectivity index (χ2v) is 5.67. The van der Waals surface area contributed by atoms with E-state index in [1.807, 2.05) is 25.3 Å². The van der Waals surface area contributed by atoms with Crippen molar-refractivity contribution in [3.63, 3.8) is 0 Å². The third-order valence-corrected chi connectivity index (χ3v) is 3.94. The van der Waals surface area contributed by atoms with Crippen molar-refractivity contribution in [3.8, 4) is 0 Å². The van der Waals surface area contributed by atoms with Gasteiger partial charge in [-0.05, 0) is 44.7 Å². The topological polar surface area (TPSA) is 49.3 Å². The first-order chi connectivity index (χ1) is 9.65. The van der Waals surface area contributed by atoms with Crippen LogP contribution in [0.5, 0.6) is 0 Å². The van der Waals surface area contributed by atoms with Crippen molar-refractivity contribution < 1.29 is 5.11 Å². The molecule has 0 bridgehead atoms. The molecule has 2 aromatic rings. The van der Waals surface area contributed by atoms with Crippen molar-refractivity contribution in [2.24, 2.45) is 0 Å². The molecule has 1 N–H and O–H groups in total. The van der Waals surface area contributed by atoms with Gasteiger partial charge < -0.3 is 10.0 Å². The molecule has 1 aromatic carbocycles. The van der Waals surface area contributed by atoms with E-state index in [9.17, 15) is 5.11 Å². The monoisotopic (exact) mass is 271 g/mol. The summed E-state index contributed by atoms with van der Waals surface area (Å²) in [7, 11) is 0. The molecule has 20 heavy (non-hydrogen) atoms. The molecule has 2 heterocycles. The van der Waals surface area contributed by atoms with Gasteiger partial charge in [0, 0.05) is 18.7 Å². The van der Waals surface area contributed by atoms with Gasteiger partial charge in [0.2, 0.25) is 0 Å². The van der Waals surface area contributed by atoms with Crippen LogP contribution in [-0.4, -0.2) is 28.2 Å². The Balaban J connectivity index is 2.09. The number of aliphatic hydroxyl groups is 1. The lowest BCUT2D eigenvalue weighted by molar-refractivity contribution is 0.200. The SMILES string of the molecule is Cc1cc(C(C)O)c2nc(N3CCCCC3)cnc2c1. The Morgan fingerprint density at radius 1 is 1.20 bits per heavy atom. The molecular formula is C16H21N3O. The van der Waals surface area contributed by atoms with E-state index in [0.717, 1.165) is 41.1 Å². The summed E-state index contributed by atoms with van der Waals surface area (Å²) in [6.07, 6.45) is 5.07. The Kier molecular flexibility index (Phi) is 3.57. The maximum Gasteiger partial charge on any atom is 0.147 e. The van der Waals surface area contributed by atoms with Gasteiger partial charge in [-0.15, -0.1) is 0 Å². The van der Waals surface area contributed by atoms with Crippen molar-refractivity contribution >= 4 is 16.9 Å². The Morgan fingerprint density at radius 3 is 2.65 bits per heavy atom. The summed E-state index contributed by atoms with van der Waals surface area (Å²) in [5, 5.41) is 9.97. The van der Waals surface area contributed by atoms with Crippen LogP contribution in [0.25, 0.3) is 11.0 Å². The van der Waals surface area contributed by atoms with Crippen LogP contribution >= 0.6 is 0 Å².